The van der Waals surface area contributed by atoms with Gasteiger partial charge in [-0.15, -0.1) is 0 Å². The Labute approximate surface area is 408 Å². The van der Waals surface area contributed by atoms with Gasteiger partial charge in [-0.05, 0) is 96.3 Å². The molecule has 0 aliphatic heterocycles. The van der Waals surface area contributed by atoms with E-state index in [2.05, 4.69) is 93.7 Å². The molecule has 6 nitrogen and oxygen atoms in total. The zero-order chi connectivity index (χ0) is 47.9. The smallest absolute Gasteiger partial charge is 0.306 e. The molecule has 1 atom stereocenters. The maximum Gasteiger partial charge on any atom is 0.306 e. The predicted octanol–water partition coefficient (Wildman–Crippen LogP) is 18.6. The number of unbranched alkanes of at least 4 members (excludes halogenated alkanes) is 28. The fraction of sp³-hybridized carbons (Fsp3) is 0.750. The van der Waals surface area contributed by atoms with E-state index in [1.165, 1.54) is 141 Å². The summed E-state index contributed by atoms with van der Waals surface area (Å²) in [5.74, 6) is -0.971. The fourth-order valence-electron chi connectivity index (χ4n) is 7.75. The van der Waals surface area contributed by atoms with Gasteiger partial charge in [0.15, 0.2) is 6.10 Å². The summed E-state index contributed by atoms with van der Waals surface area (Å²) in [5.41, 5.74) is 0. The molecule has 0 aromatic rings. The summed E-state index contributed by atoms with van der Waals surface area (Å²) in [6.07, 6.45) is 69.1. The number of esters is 3. The maximum absolute atomic E-state index is 12.8. The quantitative estimate of drug-likeness (QED) is 0.0199. The molecular weight excluding hydrogens is 817 g/mol. The summed E-state index contributed by atoms with van der Waals surface area (Å²) in [6, 6.07) is 0. The van der Waals surface area contributed by atoms with Crippen LogP contribution >= 0.6 is 0 Å². The first-order valence-electron chi connectivity index (χ1n) is 28.0. The van der Waals surface area contributed by atoms with Gasteiger partial charge in [0.2, 0.25) is 0 Å². The van der Waals surface area contributed by atoms with Crippen molar-refractivity contribution in [2.75, 3.05) is 13.2 Å². The van der Waals surface area contributed by atoms with E-state index in [-0.39, 0.29) is 37.5 Å². The van der Waals surface area contributed by atoms with E-state index in [1.807, 2.05) is 0 Å². The van der Waals surface area contributed by atoms with Gasteiger partial charge in [0, 0.05) is 19.3 Å². The van der Waals surface area contributed by atoms with Gasteiger partial charge < -0.3 is 14.2 Å². The third-order valence-corrected chi connectivity index (χ3v) is 11.9. The summed E-state index contributed by atoms with van der Waals surface area (Å²) in [7, 11) is 0. The Morgan fingerprint density at radius 3 is 1.09 bits per heavy atom. The first-order valence-corrected chi connectivity index (χ1v) is 28.0. The Kier molecular flexibility index (Phi) is 51.9. The molecule has 0 heterocycles. The topological polar surface area (TPSA) is 78.9 Å². The molecule has 0 N–H and O–H groups in total. The Balaban J connectivity index is 4.40. The lowest BCUT2D eigenvalue weighted by molar-refractivity contribution is -0.167. The van der Waals surface area contributed by atoms with Gasteiger partial charge in [-0.2, -0.15) is 0 Å². The highest BCUT2D eigenvalue weighted by atomic mass is 16.6. The highest BCUT2D eigenvalue weighted by molar-refractivity contribution is 5.71. The zero-order valence-corrected chi connectivity index (χ0v) is 43.4. The van der Waals surface area contributed by atoms with Crippen molar-refractivity contribution < 1.29 is 28.6 Å². The van der Waals surface area contributed by atoms with Crippen molar-refractivity contribution in [1.82, 2.24) is 0 Å². The van der Waals surface area contributed by atoms with Crippen molar-refractivity contribution in [3.8, 4) is 0 Å². The summed E-state index contributed by atoms with van der Waals surface area (Å²) < 4.78 is 16.8. The zero-order valence-electron chi connectivity index (χ0n) is 43.4. The first kappa shape index (κ1) is 62.8. The molecule has 0 saturated heterocycles. The number of allylic oxidation sites excluding steroid dienone is 12. The Morgan fingerprint density at radius 1 is 0.333 bits per heavy atom. The van der Waals surface area contributed by atoms with E-state index in [0.29, 0.717) is 19.3 Å². The van der Waals surface area contributed by atoms with Crippen LogP contribution in [0.3, 0.4) is 0 Å². The largest absolute Gasteiger partial charge is 0.462 e. The van der Waals surface area contributed by atoms with Crippen molar-refractivity contribution in [2.24, 2.45) is 0 Å². The van der Waals surface area contributed by atoms with E-state index in [9.17, 15) is 14.4 Å². The van der Waals surface area contributed by atoms with E-state index < -0.39 is 6.10 Å². The lowest BCUT2D eigenvalue weighted by Crippen LogP contribution is -2.30. The molecule has 0 bridgehead atoms. The summed E-state index contributed by atoms with van der Waals surface area (Å²) in [4.78, 5) is 38.0. The summed E-state index contributed by atoms with van der Waals surface area (Å²) >= 11 is 0. The molecule has 66 heavy (non-hydrogen) atoms. The number of carbonyl (C=O) groups excluding carboxylic acids is 3. The van der Waals surface area contributed by atoms with E-state index in [1.54, 1.807) is 0 Å². The lowest BCUT2D eigenvalue weighted by Gasteiger charge is -2.18. The van der Waals surface area contributed by atoms with Gasteiger partial charge in [-0.1, -0.05) is 229 Å². The van der Waals surface area contributed by atoms with Crippen LogP contribution in [-0.4, -0.2) is 37.2 Å². The van der Waals surface area contributed by atoms with Crippen LogP contribution in [0, 0.1) is 0 Å². The van der Waals surface area contributed by atoms with Gasteiger partial charge in [-0.3, -0.25) is 14.4 Å². The van der Waals surface area contributed by atoms with E-state index in [4.69, 9.17) is 14.2 Å². The molecule has 0 rings (SSSR count). The third-order valence-electron chi connectivity index (χ3n) is 11.9. The number of ether oxygens (including phenoxy) is 3. The molecule has 0 aliphatic rings. The fourth-order valence-corrected chi connectivity index (χ4v) is 7.75. The number of rotatable bonds is 50. The molecule has 0 aromatic carbocycles. The van der Waals surface area contributed by atoms with E-state index in [0.717, 1.165) is 83.5 Å². The van der Waals surface area contributed by atoms with Crippen LogP contribution in [0.5, 0.6) is 0 Å². The second-order valence-corrected chi connectivity index (χ2v) is 18.5. The molecular formula is C60H104O6. The molecule has 0 aliphatic carbocycles. The van der Waals surface area contributed by atoms with Crippen LogP contribution in [0.1, 0.15) is 271 Å². The summed E-state index contributed by atoms with van der Waals surface area (Å²) in [5, 5.41) is 0. The Hall–Kier alpha value is -3.15. The van der Waals surface area contributed by atoms with E-state index >= 15 is 0 Å². The molecule has 6 heteroatoms. The highest BCUT2D eigenvalue weighted by Crippen LogP contribution is 2.14. The number of hydrogen-bond donors (Lipinski definition) is 0. The van der Waals surface area contributed by atoms with Gasteiger partial charge in [0.1, 0.15) is 13.2 Å². The average Bonchev–Trinajstić information content (AvgIpc) is 3.31. The molecule has 0 fully saturated rings. The summed E-state index contributed by atoms with van der Waals surface area (Å²) in [6.45, 7) is 6.47. The van der Waals surface area contributed by atoms with Gasteiger partial charge in [0.25, 0.3) is 0 Å². The third kappa shape index (κ3) is 51.8. The second kappa shape index (κ2) is 54.5. The predicted molar refractivity (Wildman–Crippen MR) is 284 cm³/mol. The van der Waals surface area contributed by atoms with Gasteiger partial charge in [-0.25, -0.2) is 0 Å². The molecule has 1 unspecified atom stereocenters. The normalized spacial score (nSPS) is 12.6. The van der Waals surface area contributed by atoms with Crippen LogP contribution in [0.25, 0.3) is 0 Å². The number of carbonyl (C=O) groups is 3. The standard InChI is InChI=1S/C60H104O6/c1-4-7-10-13-16-19-22-24-26-28-30-32-33-35-38-41-44-47-50-53-59(62)65-56-57(55-64-58(61)52-49-46-43-40-37-21-18-15-12-9-6-3)66-60(63)54-51-48-45-42-39-36-34-31-29-27-25-23-20-17-14-11-8-5-2/h9,12,18,21,27-31,34,40,43,57H,4-8,10-11,13-17,19-20,22-26,32-33,35-39,41-42,44-56H2,1-3H3/b12-9-,21-18-,29-27-,30-28-,34-31-,43-40-. The average molecular weight is 921 g/mol. The van der Waals surface area contributed by atoms with Crippen molar-refractivity contribution in [3.05, 3.63) is 72.9 Å². The molecule has 0 radical (unpaired) electrons. The SMILES string of the molecule is CC/C=C\C/C=C\C/C=C\CCCC(=O)OCC(COC(=O)CCCCCCCCC/C=C\CCCCCCCCCC)OC(=O)CCCCCCC/C=C\C=C/CCCCCCCCC. The minimum atomic E-state index is -0.805. The minimum absolute atomic E-state index is 0.0995. The van der Waals surface area contributed by atoms with Crippen molar-refractivity contribution in [2.45, 2.75) is 277 Å². The van der Waals surface area contributed by atoms with Crippen molar-refractivity contribution in [3.63, 3.8) is 0 Å². The van der Waals surface area contributed by atoms with Crippen LogP contribution < -0.4 is 0 Å². The number of hydrogen-bond acceptors (Lipinski definition) is 6. The van der Waals surface area contributed by atoms with Gasteiger partial charge in [0.05, 0.1) is 0 Å². The van der Waals surface area contributed by atoms with Crippen LogP contribution in [0.15, 0.2) is 72.9 Å². The molecule has 0 saturated carbocycles. The van der Waals surface area contributed by atoms with Crippen LogP contribution in [0.4, 0.5) is 0 Å². The lowest BCUT2D eigenvalue weighted by atomic mass is 10.1. The Morgan fingerprint density at radius 2 is 0.652 bits per heavy atom. The molecule has 380 valence electrons. The molecule has 0 spiro atoms. The maximum atomic E-state index is 12.8. The highest BCUT2D eigenvalue weighted by Gasteiger charge is 2.19. The Bertz CT molecular complexity index is 1240. The monoisotopic (exact) mass is 921 g/mol. The minimum Gasteiger partial charge on any atom is -0.462 e. The molecule has 0 aromatic heterocycles. The second-order valence-electron chi connectivity index (χ2n) is 18.5. The first-order chi connectivity index (χ1) is 32.5. The van der Waals surface area contributed by atoms with Crippen molar-refractivity contribution in [1.29, 1.82) is 0 Å². The van der Waals surface area contributed by atoms with Crippen LogP contribution in [-0.2, 0) is 28.6 Å². The van der Waals surface area contributed by atoms with Crippen molar-refractivity contribution >= 4 is 17.9 Å². The van der Waals surface area contributed by atoms with Gasteiger partial charge >= 0.3 is 17.9 Å². The van der Waals surface area contributed by atoms with Crippen LogP contribution in [0.2, 0.25) is 0 Å². The molecule has 0 amide bonds.